The van der Waals surface area contributed by atoms with E-state index in [-0.39, 0.29) is 5.82 Å². The second kappa shape index (κ2) is 8.58. The van der Waals surface area contributed by atoms with Gasteiger partial charge in [0.05, 0.1) is 12.2 Å². The molecule has 2 aromatic carbocycles. The highest BCUT2D eigenvalue weighted by Crippen LogP contribution is 2.27. The zero-order valence-corrected chi connectivity index (χ0v) is 15.6. The number of nitrogens with zero attached hydrogens (tertiary/aromatic N) is 2. The van der Waals surface area contributed by atoms with Crippen molar-refractivity contribution >= 4 is 17.3 Å². The Balaban J connectivity index is 1.58. The summed E-state index contributed by atoms with van der Waals surface area (Å²) >= 11 is 1.68. The summed E-state index contributed by atoms with van der Waals surface area (Å²) < 4.78 is 13.0. The average molecular weight is 368 g/mol. The average Bonchev–Trinajstić information content (AvgIpc) is 3.05. The lowest BCUT2D eigenvalue weighted by Gasteiger charge is -2.11. The molecular weight excluding hydrogens is 347 g/mol. The quantitative estimate of drug-likeness (QED) is 0.526. The Bertz CT molecular complexity index is 873. The fraction of sp³-hybridized carbons (Fsp3) is 0.200. The van der Waals surface area contributed by atoms with Crippen molar-refractivity contribution in [2.75, 3.05) is 7.05 Å². The molecule has 0 saturated heterocycles. The van der Waals surface area contributed by atoms with Crippen LogP contribution >= 0.6 is 11.3 Å². The summed E-state index contributed by atoms with van der Waals surface area (Å²) in [6.45, 7) is 3.25. The van der Waals surface area contributed by atoms with Crippen LogP contribution in [-0.2, 0) is 13.1 Å². The van der Waals surface area contributed by atoms with Gasteiger partial charge < -0.3 is 10.6 Å². The van der Waals surface area contributed by atoms with E-state index in [4.69, 9.17) is 0 Å². The summed E-state index contributed by atoms with van der Waals surface area (Å²) in [5, 5.41) is 7.56. The van der Waals surface area contributed by atoms with Gasteiger partial charge in [0.2, 0.25) is 0 Å². The van der Waals surface area contributed by atoms with E-state index in [1.807, 2.05) is 25.1 Å². The largest absolute Gasteiger partial charge is 0.352 e. The number of halogens is 1. The smallest absolute Gasteiger partial charge is 0.191 e. The molecule has 1 aromatic heterocycles. The molecule has 0 spiro atoms. The Morgan fingerprint density at radius 1 is 1.04 bits per heavy atom. The number of guanidine groups is 1. The summed E-state index contributed by atoms with van der Waals surface area (Å²) in [6, 6.07) is 16.6. The lowest BCUT2D eigenvalue weighted by Crippen LogP contribution is -2.36. The van der Waals surface area contributed by atoms with E-state index in [0.29, 0.717) is 19.0 Å². The second-order valence-corrected chi connectivity index (χ2v) is 6.88. The van der Waals surface area contributed by atoms with Crippen LogP contribution < -0.4 is 10.6 Å². The molecule has 1 heterocycles. The molecule has 0 fully saturated rings. The molecule has 0 amide bonds. The van der Waals surface area contributed by atoms with Crippen molar-refractivity contribution in [1.82, 2.24) is 15.6 Å². The van der Waals surface area contributed by atoms with Crippen molar-refractivity contribution in [3.05, 3.63) is 76.5 Å². The Hall–Kier alpha value is -2.73. The monoisotopic (exact) mass is 368 g/mol. The van der Waals surface area contributed by atoms with Crippen LogP contribution in [0.15, 0.2) is 59.6 Å². The standard InChI is InChI=1S/C20H21FN4S/c1-14-18(26-19(25-14)16-6-4-3-5-7-16)13-24-20(22-2)23-12-15-8-10-17(21)11-9-15/h3-11H,12-13H2,1-2H3,(H2,22,23,24). The second-order valence-electron chi connectivity index (χ2n) is 5.80. The molecule has 0 aliphatic carbocycles. The molecule has 26 heavy (non-hydrogen) atoms. The van der Waals surface area contributed by atoms with E-state index in [2.05, 4.69) is 32.7 Å². The van der Waals surface area contributed by atoms with E-state index in [9.17, 15) is 4.39 Å². The van der Waals surface area contributed by atoms with Crippen LogP contribution in [0.3, 0.4) is 0 Å². The first-order valence-electron chi connectivity index (χ1n) is 8.36. The van der Waals surface area contributed by atoms with Gasteiger partial charge in [-0.3, -0.25) is 4.99 Å². The van der Waals surface area contributed by atoms with E-state index < -0.39 is 0 Å². The Labute approximate surface area is 156 Å². The van der Waals surface area contributed by atoms with Gasteiger partial charge in [0.15, 0.2) is 5.96 Å². The Morgan fingerprint density at radius 3 is 2.42 bits per heavy atom. The van der Waals surface area contributed by atoms with Crippen molar-refractivity contribution < 1.29 is 4.39 Å². The van der Waals surface area contributed by atoms with Crippen LogP contribution in [-0.4, -0.2) is 18.0 Å². The van der Waals surface area contributed by atoms with E-state index in [0.717, 1.165) is 21.8 Å². The van der Waals surface area contributed by atoms with Crippen molar-refractivity contribution in [2.24, 2.45) is 4.99 Å². The number of thiazole rings is 1. The van der Waals surface area contributed by atoms with Gasteiger partial charge in [-0.15, -0.1) is 11.3 Å². The maximum atomic E-state index is 13.0. The summed E-state index contributed by atoms with van der Waals surface area (Å²) in [4.78, 5) is 10.1. The molecule has 0 aliphatic heterocycles. The highest BCUT2D eigenvalue weighted by molar-refractivity contribution is 7.15. The molecule has 3 rings (SSSR count). The number of hydrogen-bond donors (Lipinski definition) is 2. The number of benzene rings is 2. The summed E-state index contributed by atoms with van der Waals surface area (Å²) in [5.74, 6) is 0.467. The first-order valence-corrected chi connectivity index (χ1v) is 9.18. The topological polar surface area (TPSA) is 49.3 Å². The van der Waals surface area contributed by atoms with Gasteiger partial charge in [0.25, 0.3) is 0 Å². The molecule has 0 radical (unpaired) electrons. The van der Waals surface area contributed by atoms with Crippen LogP contribution in [0.1, 0.15) is 16.1 Å². The number of aliphatic imine (C=N–C) groups is 1. The first-order chi connectivity index (χ1) is 12.7. The summed E-state index contributed by atoms with van der Waals surface area (Å²) in [6.07, 6.45) is 0. The minimum atomic E-state index is -0.230. The van der Waals surface area contributed by atoms with Gasteiger partial charge in [0, 0.05) is 24.0 Å². The van der Waals surface area contributed by atoms with Crippen LogP contribution in [0, 0.1) is 12.7 Å². The van der Waals surface area contributed by atoms with Gasteiger partial charge >= 0.3 is 0 Å². The molecule has 2 N–H and O–H groups in total. The summed E-state index contributed by atoms with van der Waals surface area (Å²) in [7, 11) is 1.73. The molecule has 0 aliphatic rings. The third-order valence-corrected chi connectivity index (χ3v) is 5.13. The minimum absolute atomic E-state index is 0.230. The molecule has 0 unspecified atom stereocenters. The zero-order valence-electron chi connectivity index (χ0n) is 14.8. The fourth-order valence-electron chi connectivity index (χ4n) is 2.47. The number of rotatable bonds is 5. The molecule has 0 saturated carbocycles. The Morgan fingerprint density at radius 2 is 1.73 bits per heavy atom. The normalized spacial score (nSPS) is 11.4. The molecule has 6 heteroatoms. The third-order valence-electron chi connectivity index (χ3n) is 3.93. The number of nitrogens with one attached hydrogen (secondary N) is 2. The van der Waals surface area contributed by atoms with Gasteiger partial charge in [0.1, 0.15) is 10.8 Å². The molecule has 0 bridgehead atoms. The molecule has 3 aromatic rings. The maximum absolute atomic E-state index is 13.0. The number of aryl methyl sites for hydroxylation is 1. The van der Waals surface area contributed by atoms with Crippen molar-refractivity contribution in [3.63, 3.8) is 0 Å². The predicted molar refractivity (Wildman–Crippen MR) is 106 cm³/mol. The van der Waals surface area contributed by atoms with Crippen molar-refractivity contribution in [1.29, 1.82) is 0 Å². The molecular formula is C20H21FN4S. The van der Waals surface area contributed by atoms with Gasteiger partial charge in [-0.05, 0) is 24.6 Å². The zero-order chi connectivity index (χ0) is 18.4. The van der Waals surface area contributed by atoms with Crippen molar-refractivity contribution in [2.45, 2.75) is 20.0 Å². The summed E-state index contributed by atoms with van der Waals surface area (Å²) in [5.41, 5.74) is 3.15. The van der Waals surface area contributed by atoms with Crippen LogP contribution in [0.5, 0.6) is 0 Å². The van der Waals surface area contributed by atoms with E-state index >= 15 is 0 Å². The van der Waals surface area contributed by atoms with Crippen LogP contribution in [0.4, 0.5) is 4.39 Å². The number of hydrogen-bond acceptors (Lipinski definition) is 3. The predicted octanol–water partition coefficient (Wildman–Crippen LogP) is 4.12. The van der Waals surface area contributed by atoms with Gasteiger partial charge in [-0.1, -0.05) is 42.5 Å². The number of aromatic nitrogens is 1. The third kappa shape index (κ3) is 4.67. The van der Waals surface area contributed by atoms with Gasteiger partial charge in [-0.2, -0.15) is 0 Å². The van der Waals surface area contributed by atoms with E-state index in [1.165, 1.54) is 17.0 Å². The molecule has 4 nitrogen and oxygen atoms in total. The van der Waals surface area contributed by atoms with Crippen molar-refractivity contribution in [3.8, 4) is 10.6 Å². The highest BCUT2D eigenvalue weighted by Gasteiger charge is 2.10. The highest BCUT2D eigenvalue weighted by atomic mass is 32.1. The maximum Gasteiger partial charge on any atom is 0.191 e. The fourth-order valence-corrected chi connectivity index (χ4v) is 3.48. The minimum Gasteiger partial charge on any atom is -0.352 e. The molecule has 0 atom stereocenters. The Kier molecular flexibility index (Phi) is 5.96. The van der Waals surface area contributed by atoms with Crippen LogP contribution in [0.25, 0.3) is 10.6 Å². The first kappa shape index (κ1) is 18.1. The van der Waals surface area contributed by atoms with Crippen LogP contribution in [0.2, 0.25) is 0 Å². The van der Waals surface area contributed by atoms with Gasteiger partial charge in [-0.25, -0.2) is 9.37 Å². The van der Waals surface area contributed by atoms with E-state index in [1.54, 1.807) is 30.5 Å². The lowest BCUT2D eigenvalue weighted by atomic mass is 10.2. The SMILES string of the molecule is CN=C(NCc1ccc(F)cc1)NCc1sc(-c2ccccc2)nc1C. The lowest BCUT2D eigenvalue weighted by molar-refractivity contribution is 0.626. The molecule has 134 valence electrons.